The van der Waals surface area contributed by atoms with E-state index in [9.17, 15) is 14.4 Å². The first-order valence-electron chi connectivity index (χ1n) is 9.01. The number of hydrogen-bond acceptors (Lipinski definition) is 3. The average Bonchev–Trinajstić information content (AvgIpc) is 3.11. The highest BCUT2D eigenvalue weighted by molar-refractivity contribution is 6.10. The maximum Gasteiger partial charge on any atom is 0.325 e. The summed E-state index contributed by atoms with van der Waals surface area (Å²) >= 11 is 0. The molecule has 0 aliphatic carbocycles. The second-order valence-electron chi connectivity index (χ2n) is 7.26. The van der Waals surface area contributed by atoms with Gasteiger partial charge in [0.05, 0.1) is 0 Å². The van der Waals surface area contributed by atoms with E-state index in [4.69, 9.17) is 0 Å². The number of fused-ring (bicyclic) bond motifs is 1. The molecule has 2 heterocycles. The van der Waals surface area contributed by atoms with E-state index in [0.29, 0.717) is 5.56 Å². The standard InChI is InChI=1S/C21H21N3O3/c1-14-12-15-8-6-7-11-17(15)24(14)18(25)13-23-19(26)21(2,22-20(23)27)16-9-4-3-5-10-16/h3-11,14H,12-13H2,1-2H3,(H,22,27)/t14-,21+/m0/s1. The van der Waals surface area contributed by atoms with Crippen LogP contribution in [0.1, 0.15) is 25.0 Å². The number of nitrogens with one attached hydrogen (secondary N) is 1. The van der Waals surface area contributed by atoms with Crippen LogP contribution in [0.4, 0.5) is 10.5 Å². The van der Waals surface area contributed by atoms with Gasteiger partial charge in [0, 0.05) is 11.7 Å². The molecule has 2 aliphatic rings. The molecule has 0 saturated carbocycles. The molecule has 138 valence electrons. The molecule has 4 amide bonds. The summed E-state index contributed by atoms with van der Waals surface area (Å²) in [5.74, 6) is -0.666. The van der Waals surface area contributed by atoms with E-state index in [1.165, 1.54) is 0 Å². The molecule has 0 unspecified atom stereocenters. The molecule has 2 aromatic rings. The van der Waals surface area contributed by atoms with Crippen molar-refractivity contribution >= 4 is 23.5 Å². The Morgan fingerprint density at radius 1 is 1.11 bits per heavy atom. The number of hydrogen-bond donors (Lipinski definition) is 1. The first kappa shape index (κ1) is 17.3. The lowest BCUT2D eigenvalue weighted by Gasteiger charge is -2.25. The topological polar surface area (TPSA) is 69.7 Å². The van der Waals surface area contributed by atoms with E-state index < -0.39 is 17.5 Å². The largest absolute Gasteiger partial charge is 0.325 e. The number of benzene rings is 2. The number of nitrogens with zero attached hydrogens (tertiary/aromatic N) is 2. The quantitative estimate of drug-likeness (QED) is 0.852. The van der Waals surface area contributed by atoms with Gasteiger partial charge in [0.2, 0.25) is 5.91 Å². The zero-order valence-corrected chi connectivity index (χ0v) is 15.3. The van der Waals surface area contributed by atoms with E-state index in [2.05, 4.69) is 5.32 Å². The Labute approximate surface area is 157 Å². The average molecular weight is 363 g/mol. The zero-order valence-electron chi connectivity index (χ0n) is 15.3. The van der Waals surface area contributed by atoms with E-state index in [1.54, 1.807) is 24.0 Å². The highest BCUT2D eigenvalue weighted by Gasteiger charge is 2.50. The van der Waals surface area contributed by atoms with Gasteiger partial charge in [-0.2, -0.15) is 0 Å². The van der Waals surface area contributed by atoms with Crippen LogP contribution in [-0.2, 0) is 21.5 Å². The molecule has 2 aromatic carbocycles. The van der Waals surface area contributed by atoms with Crippen molar-refractivity contribution in [2.45, 2.75) is 31.8 Å². The number of rotatable bonds is 3. The van der Waals surface area contributed by atoms with Gasteiger partial charge in [-0.25, -0.2) is 4.79 Å². The van der Waals surface area contributed by atoms with Crippen molar-refractivity contribution in [2.75, 3.05) is 11.4 Å². The van der Waals surface area contributed by atoms with Crippen molar-refractivity contribution in [1.82, 2.24) is 10.2 Å². The molecule has 0 aromatic heterocycles. The van der Waals surface area contributed by atoms with Gasteiger partial charge in [-0.3, -0.25) is 14.5 Å². The summed E-state index contributed by atoms with van der Waals surface area (Å²) in [4.78, 5) is 41.1. The molecule has 1 saturated heterocycles. The second-order valence-corrected chi connectivity index (χ2v) is 7.26. The maximum atomic E-state index is 13.0. The Morgan fingerprint density at radius 3 is 2.52 bits per heavy atom. The third-order valence-corrected chi connectivity index (χ3v) is 5.40. The van der Waals surface area contributed by atoms with Gasteiger partial charge in [-0.15, -0.1) is 0 Å². The summed E-state index contributed by atoms with van der Waals surface area (Å²) in [7, 11) is 0. The van der Waals surface area contributed by atoms with Gasteiger partial charge in [-0.05, 0) is 37.5 Å². The molecule has 27 heavy (non-hydrogen) atoms. The summed E-state index contributed by atoms with van der Waals surface area (Å²) in [6.07, 6.45) is 0.768. The van der Waals surface area contributed by atoms with Gasteiger partial charge in [-0.1, -0.05) is 48.5 Å². The van der Waals surface area contributed by atoms with Crippen LogP contribution >= 0.6 is 0 Å². The summed E-state index contributed by atoms with van der Waals surface area (Å²) in [6, 6.07) is 16.3. The van der Waals surface area contributed by atoms with Crippen LogP contribution in [0.2, 0.25) is 0 Å². The van der Waals surface area contributed by atoms with Crippen LogP contribution in [0.25, 0.3) is 0 Å². The Balaban J connectivity index is 1.57. The number of amides is 4. The van der Waals surface area contributed by atoms with Crippen LogP contribution < -0.4 is 10.2 Å². The predicted molar refractivity (Wildman–Crippen MR) is 101 cm³/mol. The number of anilines is 1. The molecule has 2 aliphatic heterocycles. The number of carbonyl (C=O) groups excluding carboxylic acids is 3. The smallest absolute Gasteiger partial charge is 0.319 e. The first-order valence-corrected chi connectivity index (χ1v) is 9.01. The van der Waals surface area contributed by atoms with Gasteiger partial charge >= 0.3 is 6.03 Å². The third kappa shape index (κ3) is 2.68. The van der Waals surface area contributed by atoms with Crippen LogP contribution in [0.5, 0.6) is 0 Å². The van der Waals surface area contributed by atoms with E-state index in [-0.39, 0.29) is 18.5 Å². The maximum absolute atomic E-state index is 13.0. The van der Waals surface area contributed by atoms with Crippen molar-refractivity contribution in [3.05, 3.63) is 65.7 Å². The highest BCUT2D eigenvalue weighted by Crippen LogP contribution is 2.33. The Bertz CT molecular complexity index is 927. The van der Waals surface area contributed by atoms with Gasteiger partial charge in [0.15, 0.2) is 0 Å². The van der Waals surface area contributed by atoms with Crippen LogP contribution in [0.15, 0.2) is 54.6 Å². The number of para-hydroxylation sites is 1. The summed E-state index contributed by atoms with van der Waals surface area (Å²) in [6.45, 7) is 3.37. The Morgan fingerprint density at radius 2 is 1.78 bits per heavy atom. The monoisotopic (exact) mass is 363 g/mol. The molecule has 0 radical (unpaired) electrons. The molecule has 4 rings (SSSR count). The van der Waals surface area contributed by atoms with E-state index in [1.807, 2.05) is 49.4 Å². The molecule has 1 N–H and O–H groups in total. The molecule has 0 spiro atoms. The summed E-state index contributed by atoms with van der Waals surface area (Å²) in [5, 5.41) is 2.74. The minimum Gasteiger partial charge on any atom is -0.319 e. The predicted octanol–water partition coefficient (Wildman–Crippen LogP) is 2.43. The molecular formula is C21H21N3O3. The van der Waals surface area contributed by atoms with Crippen molar-refractivity contribution in [1.29, 1.82) is 0 Å². The molecular weight excluding hydrogens is 342 g/mol. The number of urea groups is 1. The van der Waals surface area contributed by atoms with E-state index in [0.717, 1.165) is 22.6 Å². The normalized spacial score (nSPS) is 24.1. The van der Waals surface area contributed by atoms with Crippen molar-refractivity contribution in [3.8, 4) is 0 Å². The highest BCUT2D eigenvalue weighted by atomic mass is 16.2. The lowest BCUT2D eigenvalue weighted by Crippen LogP contribution is -2.46. The van der Waals surface area contributed by atoms with Crippen molar-refractivity contribution in [2.24, 2.45) is 0 Å². The van der Waals surface area contributed by atoms with Gasteiger partial charge in [0.25, 0.3) is 5.91 Å². The second kappa shape index (κ2) is 6.23. The van der Waals surface area contributed by atoms with Crippen LogP contribution in [-0.4, -0.2) is 35.3 Å². The van der Waals surface area contributed by atoms with E-state index >= 15 is 0 Å². The minimum atomic E-state index is -1.16. The lowest BCUT2D eigenvalue weighted by molar-refractivity contribution is -0.134. The van der Waals surface area contributed by atoms with Crippen LogP contribution in [0.3, 0.4) is 0 Å². The molecule has 6 nitrogen and oxygen atoms in total. The molecule has 6 heteroatoms. The van der Waals surface area contributed by atoms with Crippen molar-refractivity contribution in [3.63, 3.8) is 0 Å². The third-order valence-electron chi connectivity index (χ3n) is 5.40. The van der Waals surface area contributed by atoms with Gasteiger partial charge in [0.1, 0.15) is 12.1 Å². The Kier molecular flexibility index (Phi) is 3.98. The Hall–Kier alpha value is -3.15. The minimum absolute atomic E-state index is 0.00354. The van der Waals surface area contributed by atoms with Crippen LogP contribution in [0, 0.1) is 0 Å². The molecule has 0 bridgehead atoms. The van der Waals surface area contributed by atoms with Crippen molar-refractivity contribution < 1.29 is 14.4 Å². The summed E-state index contributed by atoms with van der Waals surface area (Å²) in [5.41, 5.74) is 1.49. The summed E-state index contributed by atoms with van der Waals surface area (Å²) < 4.78 is 0. The van der Waals surface area contributed by atoms with Gasteiger partial charge < -0.3 is 10.2 Å². The fraction of sp³-hybridized carbons (Fsp3) is 0.286. The number of carbonyl (C=O) groups is 3. The first-order chi connectivity index (χ1) is 12.9. The lowest BCUT2D eigenvalue weighted by atomic mass is 9.92. The molecule has 1 fully saturated rings. The number of imide groups is 1. The fourth-order valence-corrected chi connectivity index (χ4v) is 3.96. The zero-order chi connectivity index (χ0) is 19.2. The SMILES string of the molecule is C[C@H]1Cc2ccccc2N1C(=O)CN1C(=O)N[C@](C)(c2ccccc2)C1=O. The fourth-order valence-electron chi connectivity index (χ4n) is 3.96. The molecule has 2 atom stereocenters.